The first-order valence-electron chi connectivity index (χ1n) is 28.0. The number of nitrogens with one attached hydrogen (secondary N) is 3. The number of unbranched alkanes of at least 4 members (excludes halogenated alkanes) is 2. The van der Waals surface area contributed by atoms with E-state index in [0.717, 1.165) is 11.1 Å². The van der Waals surface area contributed by atoms with Gasteiger partial charge in [-0.05, 0) is 79.7 Å². The number of rotatable bonds is 27. The molecule has 6 atom stereocenters. The number of ketones is 3. The van der Waals surface area contributed by atoms with Crippen molar-refractivity contribution in [2.45, 2.75) is 143 Å². The van der Waals surface area contributed by atoms with E-state index >= 15 is 4.39 Å². The highest BCUT2D eigenvalue weighted by Crippen LogP contribution is 2.46. The summed E-state index contributed by atoms with van der Waals surface area (Å²) < 4.78 is 27.8. The molecule has 0 spiro atoms. The molecule has 2 aromatic carbocycles. The summed E-state index contributed by atoms with van der Waals surface area (Å²) >= 11 is 4.36. The van der Waals surface area contributed by atoms with Gasteiger partial charge in [0, 0.05) is 84.7 Å². The third-order valence-electron chi connectivity index (χ3n) is 16.4. The van der Waals surface area contributed by atoms with Crippen molar-refractivity contribution in [3.8, 4) is 11.4 Å². The number of ether oxygens (including phenoxy) is 2. The summed E-state index contributed by atoms with van der Waals surface area (Å²) in [6, 6.07) is 10.2. The lowest BCUT2D eigenvalue weighted by Gasteiger charge is -2.31. The maximum Gasteiger partial charge on any atom is 0.343 e. The highest BCUT2D eigenvalue weighted by molar-refractivity contribution is 7.80. The lowest BCUT2D eigenvalue weighted by molar-refractivity contribution is -0.172. The number of carbonyl (C=O) groups excluding carboxylic acids is 9. The number of fused-ring (bicyclic) bond motifs is 5. The van der Waals surface area contributed by atoms with Crippen LogP contribution < -0.4 is 21.5 Å². The zero-order valence-corrected chi connectivity index (χ0v) is 47.3. The number of carbonyl (C=O) groups is 9. The predicted molar refractivity (Wildman–Crippen MR) is 298 cm³/mol. The average Bonchev–Trinajstić information content (AvgIpc) is 2.51. The number of likely N-dealkylation sites (tertiary alicyclic amines) is 1. The van der Waals surface area contributed by atoms with Crippen molar-refractivity contribution in [1.29, 1.82) is 0 Å². The molecule has 432 valence electrons. The molecule has 4 aromatic rings. The molecule has 5 heterocycles. The predicted octanol–water partition coefficient (Wildman–Crippen LogP) is 5.14. The molecule has 5 amide bonds. The van der Waals surface area contributed by atoms with Gasteiger partial charge in [-0.25, -0.2) is 14.2 Å². The van der Waals surface area contributed by atoms with E-state index in [2.05, 4.69) is 28.6 Å². The van der Waals surface area contributed by atoms with E-state index in [1.54, 1.807) is 39.0 Å². The molecule has 1 saturated heterocycles. The zero-order valence-electron chi connectivity index (χ0n) is 46.5. The normalized spacial score (nSPS) is 19.1. The third kappa shape index (κ3) is 13.1. The van der Waals surface area contributed by atoms with Crippen molar-refractivity contribution in [3.63, 3.8) is 0 Å². The van der Waals surface area contributed by atoms with Gasteiger partial charge in [0.1, 0.15) is 24.8 Å². The summed E-state index contributed by atoms with van der Waals surface area (Å²) in [5, 5.41) is 20.5. The number of thiol groups is 1. The summed E-state index contributed by atoms with van der Waals surface area (Å²) in [5.41, 5.74) is 2.04. The van der Waals surface area contributed by atoms with Gasteiger partial charge in [-0.1, -0.05) is 64.4 Å². The molecule has 4 N–H and O–H groups in total. The minimum absolute atomic E-state index is 0.0427. The molecule has 19 nitrogen and oxygen atoms in total. The number of imide groups is 1. The van der Waals surface area contributed by atoms with Crippen LogP contribution >= 0.6 is 12.6 Å². The number of pyridine rings is 2. The van der Waals surface area contributed by atoms with Crippen LogP contribution in [-0.4, -0.2) is 111 Å². The summed E-state index contributed by atoms with van der Waals surface area (Å²) in [4.78, 5) is 138. The van der Waals surface area contributed by atoms with E-state index in [1.165, 1.54) is 15.5 Å². The second-order valence-electron chi connectivity index (χ2n) is 22.2. The maximum absolute atomic E-state index is 15.4. The number of aromatic nitrogens is 2. The average molecular weight is 1140 g/mol. The van der Waals surface area contributed by atoms with Crippen molar-refractivity contribution in [2.24, 2.45) is 23.7 Å². The van der Waals surface area contributed by atoms with Gasteiger partial charge in [0.15, 0.2) is 17.2 Å². The second kappa shape index (κ2) is 25.9. The van der Waals surface area contributed by atoms with E-state index in [9.17, 15) is 53.1 Å². The summed E-state index contributed by atoms with van der Waals surface area (Å²) in [6.07, 6.45) is 2.57. The van der Waals surface area contributed by atoms with Gasteiger partial charge < -0.3 is 35.1 Å². The Hall–Kier alpha value is -6.97. The largest absolute Gasteiger partial charge is 0.458 e. The molecule has 1 unspecified atom stereocenters. The highest BCUT2D eigenvalue weighted by atomic mass is 32.1. The molecule has 3 aliphatic heterocycles. The SMILES string of the molecule is CC[C@@]1(O)C(=O)OCc2c1cc1n(c2=O)Cc2c-1nc1cc(F)c(C)c3c1c2[C@@H](NC(=O)COCCC(=O)CNC(=O)[C@@H](CC(=O)[C@H](CS)NC(=O)[C@@H](CC(=O)CCCCCN1C(=O)CC(C)C1=O)C(C)C)Cc1ccccc1)CC3. The molecule has 0 saturated carbocycles. The van der Waals surface area contributed by atoms with Crippen LogP contribution in [0.2, 0.25) is 0 Å². The number of Topliss-reactive ketones (excluding diaryl/α,β-unsaturated/α-hetero) is 3. The fourth-order valence-electron chi connectivity index (χ4n) is 11.6. The quantitative estimate of drug-likeness (QED) is 0.0197. The number of cyclic esters (lactones) is 1. The van der Waals surface area contributed by atoms with Crippen molar-refractivity contribution < 1.29 is 62.1 Å². The molecule has 8 rings (SSSR count). The van der Waals surface area contributed by atoms with Crippen LogP contribution in [0.4, 0.5) is 4.39 Å². The van der Waals surface area contributed by atoms with E-state index in [-0.39, 0.29) is 118 Å². The highest BCUT2D eigenvalue weighted by Gasteiger charge is 2.46. The van der Waals surface area contributed by atoms with Crippen LogP contribution in [0, 0.1) is 36.4 Å². The van der Waals surface area contributed by atoms with E-state index in [1.807, 2.05) is 32.0 Å². The first kappa shape index (κ1) is 60.1. The Bertz CT molecular complexity index is 3240. The van der Waals surface area contributed by atoms with E-state index in [4.69, 9.17) is 14.5 Å². The standard InChI is InChI=1S/C60H71FN6O13S/c1-6-60(78)43-25-48-54-41(28-67(48)58(76)42(43)29-80-59(60)77)53-45(17-16-39-34(5)44(61)26-46(64-54)52(39)53)63-50(71)30-79-20-18-38(69)27-62-55(73)36(22-35-13-9-7-10-14-35)23-49(70)47(31-81)65-56(74)40(32(2)3)24-37(68)15-11-8-12-19-66-51(72)21-33(4)57(66)75/h7,9-10,13-14,25-26,32-33,36,40,45,47,78,81H,6,8,11-12,15-24,27-31H2,1-5H3,(H,62,73)(H,63,71)(H,65,74)/t33?,36-,40+,45+,47+,60+/m1/s1. The molecule has 81 heavy (non-hydrogen) atoms. The monoisotopic (exact) mass is 1130 g/mol. The Balaban J connectivity index is 0.836. The molecule has 21 heteroatoms. The zero-order chi connectivity index (χ0) is 58.4. The lowest BCUT2D eigenvalue weighted by Crippen LogP contribution is -2.47. The number of nitrogens with zero attached hydrogens (tertiary/aromatic N) is 3. The minimum atomic E-state index is -2.05. The molecular formula is C60H71FN6O13S. The number of aliphatic hydroxyl groups is 1. The molecule has 1 fully saturated rings. The number of aryl methyl sites for hydroxylation is 1. The van der Waals surface area contributed by atoms with Gasteiger partial charge >= 0.3 is 5.97 Å². The van der Waals surface area contributed by atoms with Crippen molar-refractivity contribution in [1.82, 2.24) is 30.4 Å². The van der Waals surface area contributed by atoms with Gasteiger partial charge in [-0.3, -0.25) is 48.1 Å². The summed E-state index contributed by atoms with van der Waals surface area (Å²) in [7, 11) is 0. The fraction of sp³-hybridized carbons (Fsp3) is 0.517. The fourth-order valence-corrected chi connectivity index (χ4v) is 11.9. The number of hydrogen-bond acceptors (Lipinski definition) is 15. The molecule has 0 radical (unpaired) electrons. The van der Waals surface area contributed by atoms with Gasteiger partial charge in [0.25, 0.3) is 5.56 Å². The van der Waals surface area contributed by atoms with Crippen LogP contribution in [0.15, 0.2) is 47.3 Å². The van der Waals surface area contributed by atoms with Gasteiger partial charge in [0.2, 0.25) is 29.5 Å². The van der Waals surface area contributed by atoms with Crippen molar-refractivity contribution >= 4 is 76.4 Å². The first-order chi connectivity index (χ1) is 38.6. The van der Waals surface area contributed by atoms with Crippen LogP contribution in [-0.2, 0) is 84.2 Å². The number of halogens is 1. The first-order valence-corrected chi connectivity index (χ1v) is 28.6. The van der Waals surface area contributed by atoms with E-state index < -0.39 is 82.8 Å². The molecular weight excluding hydrogens is 1060 g/mol. The lowest BCUT2D eigenvalue weighted by atomic mass is 9.81. The molecule has 1 aliphatic carbocycles. The Kier molecular flexibility index (Phi) is 19.2. The molecule has 0 bridgehead atoms. The van der Waals surface area contributed by atoms with Crippen molar-refractivity contribution in [3.05, 3.63) is 97.6 Å². The topological polar surface area (TPSA) is 267 Å². The van der Waals surface area contributed by atoms with Gasteiger partial charge in [0.05, 0.1) is 54.2 Å². The Morgan fingerprint density at radius 1 is 0.963 bits per heavy atom. The maximum atomic E-state index is 15.4. The minimum Gasteiger partial charge on any atom is -0.458 e. The smallest absolute Gasteiger partial charge is 0.343 e. The number of amides is 5. The van der Waals surface area contributed by atoms with Crippen LogP contribution in [0.1, 0.15) is 137 Å². The second-order valence-corrected chi connectivity index (χ2v) is 22.6. The molecule has 2 aromatic heterocycles. The van der Waals surface area contributed by atoms with Crippen LogP contribution in [0.5, 0.6) is 0 Å². The van der Waals surface area contributed by atoms with Crippen LogP contribution in [0.25, 0.3) is 22.3 Å². The summed E-state index contributed by atoms with van der Waals surface area (Å²) in [6.45, 7) is 7.73. The number of hydrogen-bond donors (Lipinski definition) is 5. The van der Waals surface area contributed by atoms with E-state index in [0.29, 0.717) is 77.6 Å². The Morgan fingerprint density at radius 3 is 2.41 bits per heavy atom. The Labute approximate surface area is 474 Å². The van der Waals surface area contributed by atoms with Crippen LogP contribution in [0.3, 0.4) is 0 Å². The van der Waals surface area contributed by atoms with Gasteiger partial charge in [-0.15, -0.1) is 0 Å². The number of benzene rings is 2. The number of esters is 1. The molecule has 4 aliphatic rings. The van der Waals surface area contributed by atoms with Gasteiger partial charge in [-0.2, -0.15) is 12.6 Å². The Morgan fingerprint density at radius 2 is 1.72 bits per heavy atom. The third-order valence-corrected chi connectivity index (χ3v) is 16.7. The summed E-state index contributed by atoms with van der Waals surface area (Å²) in [5.74, 6) is -6.50. The van der Waals surface area contributed by atoms with Crippen molar-refractivity contribution in [2.75, 3.05) is 32.1 Å².